The molecule has 0 radical (unpaired) electrons. The first-order chi connectivity index (χ1) is 8.91. The Morgan fingerprint density at radius 3 is 2.32 bits per heavy atom. The van der Waals surface area contributed by atoms with Crippen LogP contribution in [0.2, 0.25) is 0 Å². The number of β-amino-alcohol motifs (C(OH)–C–C–N with tert-alkyl or cyclic N) is 1. The van der Waals surface area contributed by atoms with Crippen LogP contribution in [0.1, 0.15) is 27.0 Å². The standard InChI is InChI=1S/C15H22N2O2/c1-9-5-10(2)14(11(3)6-9)15(19)17(4)12-7-16-8-13(12)18/h5-6,12-13,16,18H,7-8H2,1-4H3/t12-,13-/m1/s1. The summed E-state index contributed by atoms with van der Waals surface area (Å²) in [5, 5.41) is 13.0. The predicted octanol–water partition coefficient (Wildman–Crippen LogP) is 1.02. The molecule has 19 heavy (non-hydrogen) atoms. The minimum atomic E-state index is -0.486. The van der Waals surface area contributed by atoms with Crippen molar-refractivity contribution in [1.29, 1.82) is 0 Å². The van der Waals surface area contributed by atoms with Gasteiger partial charge < -0.3 is 15.3 Å². The van der Waals surface area contributed by atoms with E-state index in [1.807, 2.05) is 32.9 Å². The van der Waals surface area contributed by atoms with Crippen LogP contribution in [0, 0.1) is 20.8 Å². The van der Waals surface area contributed by atoms with Crippen LogP contribution in [0.15, 0.2) is 12.1 Å². The highest BCUT2D eigenvalue weighted by atomic mass is 16.3. The second-order valence-corrected chi connectivity index (χ2v) is 5.48. The van der Waals surface area contributed by atoms with Gasteiger partial charge in [0.05, 0.1) is 12.1 Å². The Morgan fingerprint density at radius 1 is 1.26 bits per heavy atom. The Hall–Kier alpha value is -1.39. The molecule has 1 aliphatic rings. The number of likely N-dealkylation sites (N-methyl/N-ethyl adjacent to an activating group) is 1. The number of benzene rings is 1. The molecule has 2 atom stereocenters. The summed E-state index contributed by atoms with van der Waals surface area (Å²) in [6, 6.07) is 3.90. The van der Waals surface area contributed by atoms with Crippen LogP contribution in [-0.2, 0) is 0 Å². The van der Waals surface area contributed by atoms with Crippen molar-refractivity contribution in [2.45, 2.75) is 32.9 Å². The van der Waals surface area contributed by atoms with Crippen molar-refractivity contribution in [2.75, 3.05) is 20.1 Å². The van der Waals surface area contributed by atoms with Crippen molar-refractivity contribution in [1.82, 2.24) is 10.2 Å². The molecule has 1 saturated heterocycles. The van der Waals surface area contributed by atoms with Crippen LogP contribution < -0.4 is 5.32 Å². The SMILES string of the molecule is Cc1cc(C)c(C(=O)N(C)[C@@H]2CNC[C@H]2O)c(C)c1. The molecule has 4 heteroatoms. The van der Waals surface area contributed by atoms with Crippen LogP contribution in [0.4, 0.5) is 0 Å². The van der Waals surface area contributed by atoms with Crippen LogP contribution in [0.5, 0.6) is 0 Å². The van der Waals surface area contributed by atoms with Gasteiger partial charge >= 0.3 is 0 Å². The number of hydrogen-bond acceptors (Lipinski definition) is 3. The first-order valence-corrected chi connectivity index (χ1v) is 6.65. The molecule has 4 nitrogen and oxygen atoms in total. The molecule has 0 unspecified atom stereocenters. The molecule has 0 aliphatic carbocycles. The van der Waals surface area contributed by atoms with E-state index >= 15 is 0 Å². The molecular formula is C15H22N2O2. The fourth-order valence-corrected chi connectivity index (χ4v) is 2.89. The molecule has 1 aromatic carbocycles. The van der Waals surface area contributed by atoms with Gasteiger partial charge in [0, 0.05) is 25.7 Å². The van der Waals surface area contributed by atoms with Crippen LogP contribution in [0.25, 0.3) is 0 Å². The molecule has 1 aromatic rings. The zero-order chi connectivity index (χ0) is 14.2. The average Bonchev–Trinajstić information content (AvgIpc) is 2.73. The third-order valence-electron chi connectivity index (χ3n) is 3.86. The summed E-state index contributed by atoms with van der Waals surface area (Å²) in [5.74, 6) is -0.0113. The molecule has 0 spiro atoms. The van der Waals surface area contributed by atoms with E-state index in [9.17, 15) is 9.90 Å². The van der Waals surface area contributed by atoms with Crippen molar-refractivity contribution < 1.29 is 9.90 Å². The van der Waals surface area contributed by atoms with E-state index in [0.29, 0.717) is 13.1 Å². The van der Waals surface area contributed by atoms with Gasteiger partial charge in [-0.15, -0.1) is 0 Å². The molecule has 0 aromatic heterocycles. The maximum atomic E-state index is 12.6. The fraction of sp³-hybridized carbons (Fsp3) is 0.533. The van der Waals surface area contributed by atoms with Gasteiger partial charge in [0.1, 0.15) is 0 Å². The van der Waals surface area contributed by atoms with Crippen molar-refractivity contribution in [3.63, 3.8) is 0 Å². The third-order valence-corrected chi connectivity index (χ3v) is 3.86. The quantitative estimate of drug-likeness (QED) is 0.836. The lowest BCUT2D eigenvalue weighted by molar-refractivity contribution is 0.0580. The lowest BCUT2D eigenvalue weighted by Crippen LogP contribution is -2.44. The van der Waals surface area contributed by atoms with Gasteiger partial charge in [0.15, 0.2) is 0 Å². The summed E-state index contributed by atoms with van der Waals surface area (Å²) >= 11 is 0. The van der Waals surface area contributed by atoms with Crippen LogP contribution in [-0.4, -0.2) is 48.2 Å². The number of nitrogens with one attached hydrogen (secondary N) is 1. The first kappa shape index (κ1) is 14.0. The minimum Gasteiger partial charge on any atom is -0.390 e. The second-order valence-electron chi connectivity index (χ2n) is 5.48. The average molecular weight is 262 g/mol. The highest BCUT2D eigenvalue weighted by Crippen LogP contribution is 2.20. The molecule has 1 heterocycles. The Morgan fingerprint density at radius 2 is 1.84 bits per heavy atom. The van der Waals surface area contributed by atoms with E-state index in [-0.39, 0.29) is 11.9 Å². The summed E-state index contributed by atoms with van der Waals surface area (Å²) < 4.78 is 0. The summed E-state index contributed by atoms with van der Waals surface area (Å²) in [6.07, 6.45) is -0.486. The van der Waals surface area contributed by atoms with Gasteiger partial charge in [-0.2, -0.15) is 0 Å². The van der Waals surface area contributed by atoms with E-state index in [1.165, 1.54) is 0 Å². The summed E-state index contributed by atoms with van der Waals surface area (Å²) in [5.41, 5.74) is 3.91. The van der Waals surface area contributed by atoms with Crippen molar-refractivity contribution in [3.05, 3.63) is 34.4 Å². The maximum absolute atomic E-state index is 12.6. The highest BCUT2D eigenvalue weighted by Gasteiger charge is 2.32. The van der Waals surface area contributed by atoms with Crippen molar-refractivity contribution in [3.8, 4) is 0 Å². The third kappa shape index (κ3) is 2.65. The van der Waals surface area contributed by atoms with Gasteiger partial charge in [-0.25, -0.2) is 0 Å². The first-order valence-electron chi connectivity index (χ1n) is 6.65. The van der Waals surface area contributed by atoms with Gasteiger partial charge in [0.2, 0.25) is 0 Å². The number of nitrogens with zero attached hydrogens (tertiary/aromatic N) is 1. The normalized spacial score (nSPS) is 22.6. The lowest BCUT2D eigenvalue weighted by Gasteiger charge is -2.27. The van der Waals surface area contributed by atoms with Gasteiger partial charge in [-0.1, -0.05) is 17.7 Å². The van der Waals surface area contributed by atoms with E-state index in [0.717, 1.165) is 22.3 Å². The molecule has 104 valence electrons. The predicted molar refractivity (Wildman–Crippen MR) is 75.4 cm³/mol. The summed E-state index contributed by atoms with van der Waals surface area (Å²) in [7, 11) is 1.77. The molecule has 1 fully saturated rings. The number of hydrogen-bond donors (Lipinski definition) is 2. The number of aliphatic hydroxyl groups is 1. The molecule has 1 amide bonds. The zero-order valence-electron chi connectivity index (χ0n) is 12.0. The summed E-state index contributed by atoms with van der Waals surface area (Å²) in [6.45, 7) is 7.15. The molecule has 0 bridgehead atoms. The number of aryl methyl sites for hydroxylation is 3. The monoisotopic (exact) mass is 262 g/mol. The lowest BCUT2D eigenvalue weighted by atomic mass is 9.98. The molecular weight excluding hydrogens is 240 g/mol. The number of amides is 1. The largest absolute Gasteiger partial charge is 0.390 e. The fourth-order valence-electron chi connectivity index (χ4n) is 2.89. The number of carbonyl (C=O) groups excluding carboxylic acids is 1. The van der Waals surface area contributed by atoms with Crippen molar-refractivity contribution in [2.24, 2.45) is 0 Å². The number of rotatable bonds is 2. The molecule has 1 aliphatic heterocycles. The van der Waals surface area contributed by atoms with Crippen LogP contribution in [0.3, 0.4) is 0 Å². The van der Waals surface area contributed by atoms with E-state index < -0.39 is 6.10 Å². The van der Waals surface area contributed by atoms with Gasteiger partial charge in [-0.05, 0) is 31.9 Å². The molecule has 2 rings (SSSR count). The minimum absolute atomic E-state index is 0.0113. The van der Waals surface area contributed by atoms with Crippen molar-refractivity contribution >= 4 is 5.91 Å². The second kappa shape index (κ2) is 5.31. The van der Waals surface area contributed by atoms with E-state index in [1.54, 1.807) is 11.9 Å². The Balaban J connectivity index is 2.29. The maximum Gasteiger partial charge on any atom is 0.254 e. The smallest absolute Gasteiger partial charge is 0.254 e. The van der Waals surface area contributed by atoms with Gasteiger partial charge in [-0.3, -0.25) is 4.79 Å². The van der Waals surface area contributed by atoms with Gasteiger partial charge in [0.25, 0.3) is 5.91 Å². The topological polar surface area (TPSA) is 52.6 Å². The van der Waals surface area contributed by atoms with E-state index in [4.69, 9.17) is 0 Å². The zero-order valence-corrected chi connectivity index (χ0v) is 12.0. The Bertz CT molecular complexity index is 476. The number of carbonyl (C=O) groups is 1. The molecule has 2 N–H and O–H groups in total. The van der Waals surface area contributed by atoms with E-state index in [2.05, 4.69) is 5.32 Å². The molecule has 0 saturated carbocycles. The Labute approximate surface area is 114 Å². The van der Waals surface area contributed by atoms with Crippen LogP contribution >= 0.6 is 0 Å². The highest BCUT2D eigenvalue weighted by molar-refractivity contribution is 5.97. The Kier molecular flexibility index (Phi) is 3.92. The number of aliphatic hydroxyl groups excluding tert-OH is 1. The summed E-state index contributed by atoms with van der Waals surface area (Å²) in [4.78, 5) is 14.3.